The van der Waals surface area contributed by atoms with E-state index in [0.29, 0.717) is 19.2 Å². The molecule has 8 heteroatoms. The molecule has 0 atom stereocenters. The van der Waals surface area contributed by atoms with Crippen molar-refractivity contribution < 1.29 is 27.8 Å². The van der Waals surface area contributed by atoms with Crippen LogP contribution in [-0.2, 0) is 14.3 Å². The average molecular weight is 302 g/mol. The van der Waals surface area contributed by atoms with Gasteiger partial charge >= 0.3 is 5.97 Å². The highest BCUT2D eigenvalue weighted by Crippen LogP contribution is 2.20. The Morgan fingerprint density at radius 3 is 2.52 bits per heavy atom. The number of methoxy groups -OCH3 is 2. The lowest BCUT2D eigenvalue weighted by Gasteiger charge is -2.09. The molecule has 0 unspecified atom stereocenters. The molecule has 1 aromatic carbocycles. The number of hydrogen-bond acceptors (Lipinski definition) is 5. The van der Waals surface area contributed by atoms with Crippen LogP contribution >= 0.6 is 0 Å². The maximum atomic E-state index is 13.6. The predicted octanol–water partition coefficient (Wildman–Crippen LogP) is 0.926. The van der Waals surface area contributed by atoms with E-state index in [4.69, 9.17) is 4.74 Å². The van der Waals surface area contributed by atoms with E-state index in [2.05, 4.69) is 15.4 Å². The second kappa shape index (κ2) is 8.28. The van der Waals surface area contributed by atoms with Gasteiger partial charge in [0, 0.05) is 19.7 Å². The molecule has 0 aliphatic heterocycles. The molecular formula is C13H16F2N2O4. The van der Waals surface area contributed by atoms with Gasteiger partial charge in [-0.15, -0.1) is 0 Å². The smallest absolute Gasteiger partial charge is 0.340 e. The molecule has 0 aromatic heterocycles. The number of ether oxygens (including phenoxy) is 2. The van der Waals surface area contributed by atoms with Crippen molar-refractivity contribution in [1.82, 2.24) is 5.32 Å². The van der Waals surface area contributed by atoms with Crippen LogP contribution in [-0.4, -0.2) is 45.8 Å². The number of benzene rings is 1. The molecular weight excluding hydrogens is 286 g/mol. The van der Waals surface area contributed by atoms with E-state index < -0.39 is 29.1 Å². The topological polar surface area (TPSA) is 76.7 Å². The lowest BCUT2D eigenvalue weighted by atomic mass is 10.1. The van der Waals surface area contributed by atoms with Crippen LogP contribution in [0.5, 0.6) is 0 Å². The van der Waals surface area contributed by atoms with E-state index in [9.17, 15) is 18.4 Å². The predicted molar refractivity (Wildman–Crippen MR) is 71.1 cm³/mol. The van der Waals surface area contributed by atoms with Gasteiger partial charge in [-0.05, 0) is 6.07 Å². The van der Waals surface area contributed by atoms with Crippen molar-refractivity contribution in [2.75, 3.05) is 39.2 Å². The first kappa shape index (κ1) is 17.0. The molecule has 21 heavy (non-hydrogen) atoms. The van der Waals surface area contributed by atoms with Crippen molar-refractivity contribution in [1.29, 1.82) is 0 Å². The fourth-order valence-electron chi connectivity index (χ4n) is 1.48. The van der Waals surface area contributed by atoms with Gasteiger partial charge in [-0.3, -0.25) is 4.79 Å². The van der Waals surface area contributed by atoms with E-state index in [1.807, 2.05) is 0 Å². The van der Waals surface area contributed by atoms with Crippen LogP contribution in [0, 0.1) is 11.6 Å². The molecule has 0 saturated heterocycles. The molecule has 0 bridgehead atoms. The Hall–Kier alpha value is -2.06. The third-order valence-corrected chi connectivity index (χ3v) is 2.50. The summed E-state index contributed by atoms with van der Waals surface area (Å²) in [5.41, 5.74) is -0.753. The number of rotatable bonds is 7. The van der Waals surface area contributed by atoms with Crippen molar-refractivity contribution in [3.05, 3.63) is 29.3 Å². The van der Waals surface area contributed by atoms with Gasteiger partial charge in [-0.2, -0.15) is 0 Å². The average Bonchev–Trinajstić information content (AvgIpc) is 2.45. The lowest BCUT2D eigenvalue weighted by molar-refractivity contribution is -0.115. The van der Waals surface area contributed by atoms with Gasteiger partial charge in [-0.1, -0.05) is 0 Å². The summed E-state index contributed by atoms with van der Waals surface area (Å²) in [6, 6.07) is 1.41. The minimum absolute atomic E-state index is 0.0757. The number of amides is 1. The molecule has 0 aliphatic rings. The van der Waals surface area contributed by atoms with Crippen LogP contribution < -0.4 is 10.6 Å². The highest BCUT2D eigenvalue weighted by molar-refractivity contribution is 5.95. The molecule has 1 amide bonds. The zero-order valence-electron chi connectivity index (χ0n) is 11.7. The van der Waals surface area contributed by atoms with Crippen LogP contribution in [0.15, 0.2) is 12.1 Å². The SMILES string of the molecule is COCCNCC(=O)Nc1cc(C(=O)OC)c(F)cc1F. The zero-order valence-corrected chi connectivity index (χ0v) is 11.7. The van der Waals surface area contributed by atoms with E-state index in [1.165, 1.54) is 7.11 Å². The number of carbonyl (C=O) groups excluding carboxylic acids is 2. The molecule has 6 nitrogen and oxygen atoms in total. The van der Waals surface area contributed by atoms with Gasteiger partial charge in [0.15, 0.2) is 0 Å². The third-order valence-electron chi connectivity index (χ3n) is 2.50. The van der Waals surface area contributed by atoms with E-state index in [1.54, 1.807) is 0 Å². The molecule has 1 rings (SSSR count). The molecule has 0 saturated carbocycles. The monoisotopic (exact) mass is 302 g/mol. The van der Waals surface area contributed by atoms with Crippen molar-refractivity contribution in [3.63, 3.8) is 0 Å². The summed E-state index contributed by atoms with van der Waals surface area (Å²) in [4.78, 5) is 22.9. The number of esters is 1. The molecule has 0 spiro atoms. The third kappa shape index (κ3) is 5.09. The molecule has 0 aliphatic carbocycles. The molecule has 1 aromatic rings. The second-order valence-corrected chi connectivity index (χ2v) is 4.02. The molecule has 116 valence electrons. The van der Waals surface area contributed by atoms with Crippen LogP contribution in [0.25, 0.3) is 0 Å². The second-order valence-electron chi connectivity index (χ2n) is 4.02. The Morgan fingerprint density at radius 1 is 1.19 bits per heavy atom. The number of halogens is 2. The Kier molecular flexibility index (Phi) is 6.70. The maximum Gasteiger partial charge on any atom is 0.340 e. The van der Waals surface area contributed by atoms with Crippen LogP contribution in [0.1, 0.15) is 10.4 Å². The Morgan fingerprint density at radius 2 is 1.90 bits per heavy atom. The van der Waals surface area contributed by atoms with Crippen molar-refractivity contribution in [3.8, 4) is 0 Å². The van der Waals surface area contributed by atoms with Crippen LogP contribution in [0.2, 0.25) is 0 Å². The molecule has 2 N–H and O–H groups in total. The van der Waals surface area contributed by atoms with Gasteiger partial charge in [0.05, 0.1) is 31.5 Å². The summed E-state index contributed by atoms with van der Waals surface area (Å²) in [6.45, 7) is 0.793. The normalized spacial score (nSPS) is 10.3. The number of carbonyl (C=O) groups is 2. The molecule has 0 radical (unpaired) electrons. The summed E-state index contributed by atoms with van der Waals surface area (Å²) in [6.07, 6.45) is 0. The van der Waals surface area contributed by atoms with E-state index in [0.717, 1.165) is 13.2 Å². The molecule has 0 fully saturated rings. The Labute approximate surface area is 120 Å². The van der Waals surface area contributed by atoms with Gasteiger partial charge in [0.25, 0.3) is 0 Å². The number of nitrogens with one attached hydrogen (secondary N) is 2. The fraction of sp³-hybridized carbons (Fsp3) is 0.385. The van der Waals surface area contributed by atoms with Crippen molar-refractivity contribution in [2.45, 2.75) is 0 Å². The summed E-state index contributed by atoms with van der Waals surface area (Å²) >= 11 is 0. The van der Waals surface area contributed by atoms with E-state index in [-0.39, 0.29) is 12.2 Å². The first-order valence-corrected chi connectivity index (χ1v) is 6.06. The number of anilines is 1. The standard InChI is InChI=1S/C13H16F2N2O4/c1-20-4-3-16-7-12(18)17-11-5-8(13(19)21-2)9(14)6-10(11)15/h5-6,16H,3-4,7H2,1-2H3,(H,17,18). The van der Waals surface area contributed by atoms with Crippen molar-refractivity contribution in [2.24, 2.45) is 0 Å². The first-order valence-electron chi connectivity index (χ1n) is 6.06. The van der Waals surface area contributed by atoms with E-state index >= 15 is 0 Å². The van der Waals surface area contributed by atoms with Gasteiger partial charge in [-0.25, -0.2) is 13.6 Å². The summed E-state index contributed by atoms with van der Waals surface area (Å²) < 4.78 is 36.1. The minimum Gasteiger partial charge on any atom is -0.465 e. The Balaban J connectivity index is 2.74. The first-order chi connectivity index (χ1) is 9.99. The summed E-state index contributed by atoms with van der Waals surface area (Å²) in [5.74, 6) is -3.53. The minimum atomic E-state index is -1.06. The van der Waals surface area contributed by atoms with Gasteiger partial charge in [0.1, 0.15) is 11.6 Å². The van der Waals surface area contributed by atoms with Crippen LogP contribution in [0.3, 0.4) is 0 Å². The highest BCUT2D eigenvalue weighted by atomic mass is 19.1. The summed E-state index contributed by atoms with van der Waals surface area (Å²) in [7, 11) is 2.59. The van der Waals surface area contributed by atoms with Crippen molar-refractivity contribution >= 4 is 17.6 Å². The van der Waals surface area contributed by atoms with Gasteiger partial charge in [0.2, 0.25) is 5.91 Å². The van der Waals surface area contributed by atoms with Crippen LogP contribution in [0.4, 0.5) is 14.5 Å². The maximum absolute atomic E-state index is 13.6. The lowest BCUT2D eigenvalue weighted by Crippen LogP contribution is -2.30. The van der Waals surface area contributed by atoms with Gasteiger partial charge < -0.3 is 20.1 Å². The quantitative estimate of drug-likeness (QED) is 0.579. The molecule has 0 heterocycles. The Bertz CT molecular complexity index is 523. The zero-order chi connectivity index (χ0) is 15.8. The number of hydrogen-bond donors (Lipinski definition) is 2. The summed E-state index contributed by atoms with van der Waals surface area (Å²) in [5, 5.41) is 5.00. The largest absolute Gasteiger partial charge is 0.465 e. The highest BCUT2D eigenvalue weighted by Gasteiger charge is 2.17. The fourth-order valence-corrected chi connectivity index (χ4v) is 1.48.